The van der Waals surface area contributed by atoms with Crippen LogP contribution in [0.4, 0.5) is 5.69 Å². The summed E-state index contributed by atoms with van der Waals surface area (Å²) in [6.07, 6.45) is 3.83. The van der Waals surface area contributed by atoms with Gasteiger partial charge in [0.1, 0.15) is 5.75 Å². The maximum absolute atomic E-state index is 11.4. The number of hydrogen-bond donors (Lipinski definition) is 1. The Balaban J connectivity index is 1.59. The molecule has 0 radical (unpaired) electrons. The van der Waals surface area contributed by atoms with Crippen LogP contribution < -0.4 is 10.5 Å². The average molecular weight is 249 g/mol. The number of nitrogens with two attached hydrogens (primary N) is 1. The normalized spacial score (nSPS) is 14.2. The molecular formula is C14H19NO3. The fourth-order valence-electron chi connectivity index (χ4n) is 1.67. The molecule has 0 amide bonds. The van der Waals surface area contributed by atoms with Gasteiger partial charge in [0, 0.05) is 0 Å². The summed E-state index contributed by atoms with van der Waals surface area (Å²) in [4.78, 5) is 11.4. The lowest BCUT2D eigenvalue weighted by Gasteiger charge is -2.08. The Labute approximate surface area is 107 Å². The zero-order chi connectivity index (χ0) is 12.8. The third-order valence-corrected chi connectivity index (χ3v) is 2.97. The van der Waals surface area contributed by atoms with E-state index in [2.05, 4.69) is 0 Å². The number of esters is 1. The number of para-hydroxylation sites is 2. The van der Waals surface area contributed by atoms with Crippen LogP contribution in [0.1, 0.15) is 25.7 Å². The van der Waals surface area contributed by atoms with Crippen LogP contribution in [0.2, 0.25) is 0 Å². The highest BCUT2D eigenvalue weighted by Crippen LogP contribution is 2.32. The lowest BCUT2D eigenvalue weighted by atomic mass is 10.3. The summed E-state index contributed by atoms with van der Waals surface area (Å²) in [5.74, 6) is 1.20. The smallest absolute Gasteiger partial charge is 0.309 e. The van der Waals surface area contributed by atoms with Gasteiger partial charge >= 0.3 is 5.97 Å². The summed E-state index contributed by atoms with van der Waals surface area (Å²) in [6.45, 7) is 0.841. The van der Waals surface area contributed by atoms with Crippen LogP contribution in [0, 0.1) is 5.92 Å². The SMILES string of the molecule is Nc1ccccc1OCCC(=O)OCCC1CC1. The molecule has 2 rings (SSSR count). The summed E-state index contributed by atoms with van der Waals surface area (Å²) in [5.41, 5.74) is 6.30. The molecule has 0 heterocycles. The minimum absolute atomic E-state index is 0.204. The minimum atomic E-state index is -0.204. The molecule has 0 atom stereocenters. The molecule has 0 spiro atoms. The van der Waals surface area contributed by atoms with Gasteiger partial charge in [-0.05, 0) is 24.5 Å². The molecule has 0 aromatic heterocycles. The zero-order valence-electron chi connectivity index (χ0n) is 10.4. The molecule has 0 aliphatic heterocycles. The third-order valence-electron chi connectivity index (χ3n) is 2.97. The Bertz CT molecular complexity index is 402. The number of nitrogen functional groups attached to an aromatic ring is 1. The van der Waals surface area contributed by atoms with Crippen molar-refractivity contribution in [3.05, 3.63) is 24.3 Å². The molecule has 18 heavy (non-hydrogen) atoms. The van der Waals surface area contributed by atoms with E-state index in [0.717, 1.165) is 12.3 Å². The molecule has 1 fully saturated rings. The van der Waals surface area contributed by atoms with Crippen molar-refractivity contribution in [3.8, 4) is 5.75 Å². The van der Waals surface area contributed by atoms with E-state index in [4.69, 9.17) is 15.2 Å². The number of benzene rings is 1. The fourth-order valence-corrected chi connectivity index (χ4v) is 1.67. The predicted octanol–water partition coefficient (Wildman–Crippen LogP) is 2.38. The largest absolute Gasteiger partial charge is 0.491 e. The first kappa shape index (κ1) is 12.7. The molecule has 98 valence electrons. The number of carbonyl (C=O) groups is 1. The maximum Gasteiger partial charge on any atom is 0.309 e. The van der Waals surface area contributed by atoms with E-state index in [1.165, 1.54) is 12.8 Å². The second-order valence-electron chi connectivity index (χ2n) is 4.59. The molecule has 0 unspecified atom stereocenters. The maximum atomic E-state index is 11.4. The lowest BCUT2D eigenvalue weighted by molar-refractivity contribution is -0.144. The number of hydrogen-bond acceptors (Lipinski definition) is 4. The first-order valence-corrected chi connectivity index (χ1v) is 6.38. The number of carbonyl (C=O) groups excluding carboxylic acids is 1. The van der Waals surface area contributed by atoms with Crippen LogP contribution in [-0.2, 0) is 9.53 Å². The highest BCUT2D eigenvalue weighted by atomic mass is 16.5. The summed E-state index contributed by atoms with van der Waals surface area (Å²) in [6, 6.07) is 7.24. The standard InChI is InChI=1S/C14H19NO3/c15-12-3-1-2-4-13(12)17-10-8-14(16)18-9-7-11-5-6-11/h1-4,11H,5-10,15H2. The molecule has 2 N–H and O–H groups in total. The first-order valence-electron chi connectivity index (χ1n) is 6.38. The topological polar surface area (TPSA) is 61.5 Å². The molecular weight excluding hydrogens is 230 g/mol. The van der Waals surface area contributed by atoms with Crippen LogP contribution >= 0.6 is 0 Å². The molecule has 4 nitrogen and oxygen atoms in total. The van der Waals surface area contributed by atoms with E-state index in [9.17, 15) is 4.79 Å². The van der Waals surface area contributed by atoms with Crippen molar-refractivity contribution >= 4 is 11.7 Å². The van der Waals surface area contributed by atoms with Crippen LogP contribution in [0.5, 0.6) is 5.75 Å². The van der Waals surface area contributed by atoms with Gasteiger partial charge in [0.15, 0.2) is 0 Å². The van der Waals surface area contributed by atoms with Crippen molar-refractivity contribution in [2.75, 3.05) is 18.9 Å². The monoisotopic (exact) mass is 249 g/mol. The summed E-state index contributed by atoms with van der Waals surface area (Å²) >= 11 is 0. The van der Waals surface area contributed by atoms with Crippen molar-refractivity contribution < 1.29 is 14.3 Å². The van der Waals surface area contributed by atoms with Crippen LogP contribution in [-0.4, -0.2) is 19.2 Å². The van der Waals surface area contributed by atoms with Gasteiger partial charge in [0.2, 0.25) is 0 Å². The van der Waals surface area contributed by atoms with E-state index >= 15 is 0 Å². The Kier molecular flexibility index (Phi) is 4.45. The van der Waals surface area contributed by atoms with Crippen molar-refractivity contribution in [3.63, 3.8) is 0 Å². The Morgan fingerprint density at radius 2 is 2.06 bits per heavy atom. The second kappa shape index (κ2) is 6.28. The van der Waals surface area contributed by atoms with E-state index in [1.54, 1.807) is 12.1 Å². The van der Waals surface area contributed by atoms with Gasteiger partial charge in [0.25, 0.3) is 0 Å². The van der Waals surface area contributed by atoms with Gasteiger partial charge in [0.05, 0.1) is 25.3 Å². The third kappa shape index (κ3) is 4.28. The van der Waals surface area contributed by atoms with E-state index < -0.39 is 0 Å². The van der Waals surface area contributed by atoms with Crippen molar-refractivity contribution in [2.24, 2.45) is 5.92 Å². The van der Waals surface area contributed by atoms with Crippen LogP contribution in [0.15, 0.2) is 24.3 Å². The van der Waals surface area contributed by atoms with Gasteiger partial charge in [-0.2, -0.15) is 0 Å². The number of ether oxygens (including phenoxy) is 2. The van der Waals surface area contributed by atoms with Crippen LogP contribution in [0.3, 0.4) is 0 Å². The Hall–Kier alpha value is -1.71. The molecule has 1 aromatic rings. The molecule has 1 aliphatic carbocycles. The summed E-state index contributed by atoms with van der Waals surface area (Å²) in [5, 5.41) is 0. The van der Waals surface area contributed by atoms with Crippen molar-refractivity contribution in [1.29, 1.82) is 0 Å². The number of rotatable bonds is 7. The summed E-state index contributed by atoms with van der Waals surface area (Å²) in [7, 11) is 0. The lowest BCUT2D eigenvalue weighted by Crippen LogP contribution is -2.11. The van der Waals surface area contributed by atoms with Gasteiger partial charge in [-0.25, -0.2) is 0 Å². The quantitative estimate of drug-likeness (QED) is 0.595. The zero-order valence-corrected chi connectivity index (χ0v) is 10.4. The Morgan fingerprint density at radius 1 is 1.28 bits per heavy atom. The van der Waals surface area contributed by atoms with Crippen molar-refractivity contribution in [2.45, 2.75) is 25.7 Å². The van der Waals surface area contributed by atoms with Gasteiger partial charge in [-0.15, -0.1) is 0 Å². The minimum Gasteiger partial charge on any atom is -0.491 e. The van der Waals surface area contributed by atoms with E-state index in [-0.39, 0.29) is 12.4 Å². The highest BCUT2D eigenvalue weighted by Gasteiger charge is 2.21. The Morgan fingerprint density at radius 3 is 2.78 bits per heavy atom. The van der Waals surface area contributed by atoms with Gasteiger partial charge in [-0.3, -0.25) is 4.79 Å². The molecule has 1 saturated carbocycles. The van der Waals surface area contributed by atoms with Gasteiger partial charge in [-0.1, -0.05) is 25.0 Å². The molecule has 0 bridgehead atoms. The highest BCUT2D eigenvalue weighted by molar-refractivity contribution is 5.69. The summed E-state index contributed by atoms with van der Waals surface area (Å²) < 4.78 is 10.5. The molecule has 0 saturated heterocycles. The molecule has 1 aliphatic rings. The average Bonchev–Trinajstić information content (AvgIpc) is 3.16. The second-order valence-corrected chi connectivity index (χ2v) is 4.59. The van der Waals surface area contributed by atoms with Gasteiger partial charge < -0.3 is 15.2 Å². The van der Waals surface area contributed by atoms with E-state index in [1.807, 2.05) is 12.1 Å². The number of anilines is 1. The van der Waals surface area contributed by atoms with Crippen molar-refractivity contribution in [1.82, 2.24) is 0 Å². The first-order chi connectivity index (χ1) is 8.75. The molecule has 4 heteroatoms. The van der Waals surface area contributed by atoms with Crippen LogP contribution in [0.25, 0.3) is 0 Å². The molecule has 1 aromatic carbocycles. The predicted molar refractivity (Wildman–Crippen MR) is 69.3 cm³/mol. The van der Waals surface area contributed by atoms with E-state index in [0.29, 0.717) is 24.7 Å². The fraction of sp³-hybridized carbons (Fsp3) is 0.500.